The number of likely N-dealkylation sites (N-methyl/N-ethyl adjacent to an activating group) is 1. The van der Waals surface area contributed by atoms with Gasteiger partial charge in [0.15, 0.2) is 0 Å². The van der Waals surface area contributed by atoms with Crippen molar-refractivity contribution in [3.63, 3.8) is 0 Å². The van der Waals surface area contributed by atoms with Gasteiger partial charge in [-0.05, 0) is 84.6 Å². The highest BCUT2D eigenvalue weighted by Crippen LogP contribution is 2.29. The molecule has 4 N–H and O–H groups in total. The van der Waals surface area contributed by atoms with Gasteiger partial charge >= 0.3 is 12.1 Å². The van der Waals surface area contributed by atoms with Crippen molar-refractivity contribution in [3.8, 4) is 0 Å². The van der Waals surface area contributed by atoms with E-state index in [0.29, 0.717) is 5.56 Å². The van der Waals surface area contributed by atoms with Crippen LogP contribution in [0.5, 0.6) is 0 Å². The number of esters is 1. The number of amides is 4. The molecule has 45 heavy (non-hydrogen) atoms. The monoisotopic (exact) mass is 624 g/mol. The fourth-order valence-corrected chi connectivity index (χ4v) is 4.87. The number of alkyl carbamates (subject to hydrolysis) is 1. The van der Waals surface area contributed by atoms with Crippen LogP contribution in [0.4, 0.5) is 4.79 Å². The molecule has 3 unspecified atom stereocenters. The Bertz CT molecular complexity index is 1340. The predicted molar refractivity (Wildman–Crippen MR) is 171 cm³/mol. The zero-order valence-electron chi connectivity index (χ0n) is 27.9. The van der Waals surface area contributed by atoms with Crippen LogP contribution >= 0.6 is 0 Å². The number of carbonyl (C=O) groups is 5. The fourth-order valence-electron chi connectivity index (χ4n) is 4.87. The highest BCUT2D eigenvalue weighted by molar-refractivity contribution is 5.96. The molecule has 0 radical (unpaired) electrons. The molecule has 0 bridgehead atoms. The largest absolute Gasteiger partial charge is 0.458 e. The first-order chi connectivity index (χ1) is 20.8. The van der Waals surface area contributed by atoms with Gasteiger partial charge in [-0.2, -0.15) is 0 Å². The van der Waals surface area contributed by atoms with Crippen LogP contribution in [0.1, 0.15) is 83.2 Å². The molecule has 0 aliphatic heterocycles. The smallest absolute Gasteiger partial charge is 0.408 e. The van der Waals surface area contributed by atoms with Crippen molar-refractivity contribution in [2.24, 2.45) is 5.73 Å². The average molecular weight is 625 g/mol. The number of aryl methyl sites for hydroxylation is 2. The van der Waals surface area contributed by atoms with Gasteiger partial charge in [0.05, 0.1) is 6.42 Å². The highest BCUT2D eigenvalue weighted by atomic mass is 16.6. The molecule has 2 aromatic carbocycles. The number of primary amides is 1. The first-order valence-corrected chi connectivity index (χ1v) is 15.0. The van der Waals surface area contributed by atoms with Gasteiger partial charge in [-0.15, -0.1) is 0 Å². The number of nitrogens with zero attached hydrogens (tertiary/aromatic N) is 1. The molecule has 2 rings (SSSR count). The van der Waals surface area contributed by atoms with Gasteiger partial charge in [-0.3, -0.25) is 14.4 Å². The lowest BCUT2D eigenvalue weighted by molar-refractivity contribution is -0.159. The quantitative estimate of drug-likeness (QED) is 0.301. The van der Waals surface area contributed by atoms with E-state index >= 15 is 0 Å². The van der Waals surface area contributed by atoms with Gasteiger partial charge in [-0.1, -0.05) is 48.5 Å². The third kappa shape index (κ3) is 11.6. The Kier molecular flexibility index (Phi) is 12.7. The van der Waals surface area contributed by atoms with Crippen molar-refractivity contribution in [1.82, 2.24) is 15.5 Å². The van der Waals surface area contributed by atoms with Gasteiger partial charge in [0, 0.05) is 13.0 Å². The third-order valence-corrected chi connectivity index (χ3v) is 6.68. The van der Waals surface area contributed by atoms with Crippen LogP contribution in [-0.2, 0) is 35.1 Å². The molecule has 2 aromatic rings. The molecule has 0 saturated heterocycles. The van der Waals surface area contributed by atoms with Gasteiger partial charge in [0.25, 0.3) is 0 Å². The zero-order chi connectivity index (χ0) is 34.1. The average Bonchev–Trinajstić information content (AvgIpc) is 2.89. The summed E-state index contributed by atoms with van der Waals surface area (Å²) in [7, 11) is 0. The maximum absolute atomic E-state index is 14.4. The van der Waals surface area contributed by atoms with Crippen LogP contribution in [0, 0.1) is 13.8 Å². The first kappa shape index (κ1) is 36.8. The van der Waals surface area contributed by atoms with E-state index in [-0.39, 0.29) is 13.0 Å². The number of benzene rings is 2. The Labute approximate surface area is 266 Å². The Morgan fingerprint density at radius 1 is 0.800 bits per heavy atom. The molecule has 11 heteroatoms. The minimum Gasteiger partial charge on any atom is -0.458 e. The van der Waals surface area contributed by atoms with E-state index in [4.69, 9.17) is 15.2 Å². The number of rotatable bonds is 12. The van der Waals surface area contributed by atoms with E-state index in [1.54, 1.807) is 48.5 Å². The van der Waals surface area contributed by atoms with Gasteiger partial charge in [0.2, 0.25) is 17.7 Å². The van der Waals surface area contributed by atoms with Crippen LogP contribution in [0.15, 0.2) is 48.5 Å². The Hall–Kier alpha value is -4.41. The minimum atomic E-state index is -1.41. The normalized spacial score (nSPS) is 13.5. The maximum atomic E-state index is 14.4. The summed E-state index contributed by atoms with van der Waals surface area (Å²) in [5, 5.41) is 5.30. The van der Waals surface area contributed by atoms with Gasteiger partial charge < -0.3 is 30.7 Å². The second kappa shape index (κ2) is 15.5. The van der Waals surface area contributed by atoms with Crippen molar-refractivity contribution in [2.45, 2.75) is 104 Å². The molecule has 0 spiro atoms. The lowest BCUT2D eigenvalue weighted by atomic mass is 9.93. The van der Waals surface area contributed by atoms with Crippen LogP contribution in [0.25, 0.3) is 0 Å². The standard InChI is InChI=1S/C34H48N4O7/c1-10-38(30(41)24(20-26(35)39)37-32(43)45-34(7,8)9)28(27-21(2)15-14-16-22(27)3)29(40)36-25(31(42)44-33(4,5)6)19-23-17-12-11-13-18-23/h11-18,24-25,28H,10,19-20H2,1-9H3,(H2,35,39)(H,36,40)(H,37,43). The van der Waals surface area contributed by atoms with Crippen molar-refractivity contribution in [3.05, 3.63) is 70.8 Å². The second-order valence-electron chi connectivity index (χ2n) is 13.0. The van der Waals surface area contributed by atoms with Crippen LogP contribution < -0.4 is 16.4 Å². The van der Waals surface area contributed by atoms with Crippen LogP contribution in [0.3, 0.4) is 0 Å². The van der Waals surface area contributed by atoms with E-state index in [9.17, 15) is 24.0 Å². The van der Waals surface area contributed by atoms with Crippen molar-refractivity contribution >= 4 is 29.8 Å². The molecule has 0 aromatic heterocycles. The number of hydrogen-bond acceptors (Lipinski definition) is 7. The van der Waals surface area contributed by atoms with Crippen LogP contribution in [0.2, 0.25) is 0 Å². The van der Waals surface area contributed by atoms with E-state index < -0.39 is 65.5 Å². The highest BCUT2D eigenvalue weighted by Gasteiger charge is 2.39. The van der Waals surface area contributed by atoms with E-state index in [0.717, 1.165) is 16.7 Å². The summed E-state index contributed by atoms with van der Waals surface area (Å²) in [6.45, 7) is 15.5. The molecular weight excluding hydrogens is 576 g/mol. The number of carbonyl (C=O) groups excluding carboxylic acids is 5. The Morgan fingerprint density at radius 2 is 1.36 bits per heavy atom. The summed E-state index contributed by atoms with van der Waals surface area (Å²) >= 11 is 0. The fraction of sp³-hybridized carbons (Fsp3) is 0.500. The van der Waals surface area contributed by atoms with Crippen LogP contribution in [-0.4, -0.2) is 64.5 Å². The molecule has 0 fully saturated rings. The molecule has 11 nitrogen and oxygen atoms in total. The molecule has 4 amide bonds. The number of nitrogens with two attached hydrogens (primary N) is 1. The number of hydrogen-bond donors (Lipinski definition) is 3. The topological polar surface area (TPSA) is 157 Å². The molecule has 3 atom stereocenters. The summed E-state index contributed by atoms with van der Waals surface area (Å²) in [6.07, 6.45) is -1.30. The first-order valence-electron chi connectivity index (χ1n) is 15.0. The molecule has 0 aliphatic carbocycles. The number of nitrogens with one attached hydrogen (secondary N) is 2. The van der Waals surface area contributed by atoms with E-state index in [1.165, 1.54) is 4.90 Å². The minimum absolute atomic E-state index is 0.0196. The lowest BCUT2D eigenvalue weighted by Crippen LogP contribution is -2.55. The molecule has 0 saturated carbocycles. The predicted octanol–water partition coefficient (Wildman–Crippen LogP) is 4.03. The van der Waals surface area contributed by atoms with Gasteiger partial charge in [0.1, 0.15) is 29.3 Å². The summed E-state index contributed by atoms with van der Waals surface area (Å²) in [6, 6.07) is 10.9. The Balaban J connectivity index is 2.61. The summed E-state index contributed by atoms with van der Waals surface area (Å²) < 4.78 is 11.0. The SMILES string of the molecule is CCN(C(=O)C(CC(N)=O)NC(=O)OC(C)(C)C)C(C(=O)NC(Cc1ccccc1)C(=O)OC(C)(C)C)c1c(C)cccc1C. The van der Waals surface area contributed by atoms with Crippen molar-refractivity contribution < 1.29 is 33.4 Å². The van der Waals surface area contributed by atoms with Gasteiger partial charge in [-0.25, -0.2) is 9.59 Å². The molecule has 246 valence electrons. The van der Waals surface area contributed by atoms with E-state index in [1.807, 2.05) is 62.4 Å². The second-order valence-corrected chi connectivity index (χ2v) is 13.0. The summed E-state index contributed by atoms with van der Waals surface area (Å²) in [5.74, 6) is -2.82. The molecule has 0 heterocycles. The molecule has 0 aliphatic rings. The van der Waals surface area contributed by atoms with E-state index in [2.05, 4.69) is 10.6 Å². The zero-order valence-corrected chi connectivity index (χ0v) is 27.9. The maximum Gasteiger partial charge on any atom is 0.408 e. The number of ether oxygens (including phenoxy) is 2. The molecular formula is C34H48N4O7. The summed E-state index contributed by atoms with van der Waals surface area (Å²) in [5.41, 5.74) is 6.57. The lowest BCUT2D eigenvalue weighted by Gasteiger charge is -2.35. The third-order valence-electron chi connectivity index (χ3n) is 6.68. The van der Waals surface area contributed by atoms with Crippen molar-refractivity contribution in [1.29, 1.82) is 0 Å². The Morgan fingerprint density at radius 3 is 1.84 bits per heavy atom. The van der Waals surface area contributed by atoms with Crippen molar-refractivity contribution in [2.75, 3.05) is 6.54 Å². The summed E-state index contributed by atoms with van der Waals surface area (Å²) in [4.78, 5) is 67.8.